The summed E-state index contributed by atoms with van der Waals surface area (Å²) >= 11 is 0. The van der Waals surface area contributed by atoms with Crippen LogP contribution >= 0.6 is 0 Å². The highest BCUT2D eigenvalue weighted by Crippen LogP contribution is 2.21. The van der Waals surface area contributed by atoms with Gasteiger partial charge in [-0.25, -0.2) is 8.42 Å². The fourth-order valence-corrected chi connectivity index (χ4v) is 3.76. The van der Waals surface area contributed by atoms with Crippen LogP contribution in [-0.4, -0.2) is 39.5 Å². The van der Waals surface area contributed by atoms with Crippen LogP contribution < -0.4 is 10.1 Å². The van der Waals surface area contributed by atoms with Crippen molar-refractivity contribution in [2.75, 3.05) is 25.2 Å². The van der Waals surface area contributed by atoms with Gasteiger partial charge in [0.1, 0.15) is 15.6 Å². The first kappa shape index (κ1) is 14.8. The average Bonchev–Trinajstić information content (AvgIpc) is 2.46. The van der Waals surface area contributed by atoms with Gasteiger partial charge >= 0.3 is 0 Å². The molecule has 1 aliphatic rings. The summed E-state index contributed by atoms with van der Waals surface area (Å²) in [7, 11) is -1.23. The Bertz CT molecular complexity index is 551. The number of hydrogen-bond donors (Lipinski definition) is 1. The Hall–Kier alpha value is -1.56. The molecule has 6 heteroatoms. The maximum atomic E-state index is 11.4. The highest BCUT2D eigenvalue weighted by molar-refractivity contribution is 7.91. The molecule has 1 N–H and O–H groups in total. The predicted octanol–water partition coefficient (Wildman–Crippen LogP) is 1.25. The van der Waals surface area contributed by atoms with Gasteiger partial charge in [-0.05, 0) is 43.0 Å². The smallest absolute Gasteiger partial charge is 0.251 e. The van der Waals surface area contributed by atoms with Gasteiger partial charge in [-0.2, -0.15) is 0 Å². The summed E-state index contributed by atoms with van der Waals surface area (Å²) in [5, 5.41) is 2.56. The molecule has 2 rings (SSSR count). The van der Waals surface area contributed by atoms with Crippen molar-refractivity contribution in [1.82, 2.24) is 5.32 Å². The Balaban J connectivity index is 1.84. The highest BCUT2D eigenvalue weighted by Gasteiger charge is 2.23. The molecule has 1 fully saturated rings. The Labute approximate surface area is 119 Å². The van der Waals surface area contributed by atoms with E-state index in [9.17, 15) is 13.2 Å². The second-order valence-corrected chi connectivity index (χ2v) is 7.31. The maximum Gasteiger partial charge on any atom is 0.251 e. The van der Waals surface area contributed by atoms with E-state index in [0.29, 0.717) is 30.8 Å². The second kappa shape index (κ2) is 6.26. The van der Waals surface area contributed by atoms with E-state index in [1.807, 2.05) is 0 Å². The lowest BCUT2D eigenvalue weighted by atomic mass is 10.0. The van der Waals surface area contributed by atoms with Crippen molar-refractivity contribution < 1.29 is 17.9 Å². The number of sulfone groups is 1. The van der Waals surface area contributed by atoms with Crippen LogP contribution in [0.4, 0.5) is 0 Å². The number of nitrogens with one attached hydrogen (secondary N) is 1. The van der Waals surface area contributed by atoms with Crippen molar-refractivity contribution in [3.63, 3.8) is 0 Å². The zero-order chi connectivity index (χ0) is 14.6. The quantitative estimate of drug-likeness (QED) is 0.908. The number of rotatable bonds is 4. The molecule has 20 heavy (non-hydrogen) atoms. The van der Waals surface area contributed by atoms with Crippen molar-refractivity contribution in [2.24, 2.45) is 5.92 Å². The van der Waals surface area contributed by atoms with Gasteiger partial charge in [-0.1, -0.05) is 0 Å². The molecule has 1 aliphatic heterocycles. The van der Waals surface area contributed by atoms with E-state index in [1.54, 1.807) is 31.3 Å². The standard InChI is InChI=1S/C14H19NO4S/c1-15-14(16)12-2-4-13(5-3-12)19-10-11-6-8-20(17,18)9-7-11/h2-5,11H,6-10H2,1H3,(H,15,16). The molecule has 0 spiro atoms. The molecule has 1 heterocycles. The van der Waals surface area contributed by atoms with Crippen molar-refractivity contribution in [1.29, 1.82) is 0 Å². The minimum Gasteiger partial charge on any atom is -0.493 e. The van der Waals surface area contributed by atoms with E-state index in [0.717, 1.165) is 0 Å². The topological polar surface area (TPSA) is 72.5 Å². The Morgan fingerprint density at radius 2 is 1.85 bits per heavy atom. The molecule has 0 bridgehead atoms. The lowest BCUT2D eigenvalue weighted by molar-refractivity contribution is 0.0963. The highest BCUT2D eigenvalue weighted by atomic mass is 32.2. The van der Waals surface area contributed by atoms with Gasteiger partial charge in [-0.15, -0.1) is 0 Å². The van der Waals surface area contributed by atoms with Gasteiger partial charge < -0.3 is 10.1 Å². The number of ether oxygens (including phenoxy) is 1. The fourth-order valence-electron chi connectivity index (χ4n) is 2.17. The van der Waals surface area contributed by atoms with E-state index < -0.39 is 9.84 Å². The lowest BCUT2D eigenvalue weighted by Gasteiger charge is -2.22. The molecule has 0 saturated carbocycles. The number of amides is 1. The van der Waals surface area contributed by atoms with Crippen LogP contribution in [0.1, 0.15) is 23.2 Å². The summed E-state index contributed by atoms with van der Waals surface area (Å²) < 4.78 is 28.3. The van der Waals surface area contributed by atoms with Gasteiger partial charge in [0, 0.05) is 12.6 Å². The molecule has 0 radical (unpaired) electrons. The molecule has 1 amide bonds. The zero-order valence-corrected chi connectivity index (χ0v) is 12.3. The number of hydrogen-bond acceptors (Lipinski definition) is 4. The van der Waals surface area contributed by atoms with E-state index in [4.69, 9.17) is 4.74 Å². The Kier molecular flexibility index (Phi) is 4.65. The monoisotopic (exact) mass is 297 g/mol. The molecule has 0 aromatic heterocycles. The lowest BCUT2D eigenvalue weighted by Crippen LogP contribution is -2.26. The third-order valence-electron chi connectivity index (χ3n) is 3.50. The summed E-state index contributed by atoms with van der Waals surface area (Å²) in [6.07, 6.45) is 1.33. The molecule has 1 saturated heterocycles. The van der Waals surface area contributed by atoms with Crippen molar-refractivity contribution in [3.8, 4) is 5.75 Å². The largest absolute Gasteiger partial charge is 0.493 e. The van der Waals surface area contributed by atoms with E-state index in [-0.39, 0.29) is 23.3 Å². The van der Waals surface area contributed by atoms with Gasteiger partial charge in [0.05, 0.1) is 18.1 Å². The van der Waals surface area contributed by atoms with Crippen LogP contribution in [0.3, 0.4) is 0 Å². The van der Waals surface area contributed by atoms with Crippen molar-refractivity contribution in [2.45, 2.75) is 12.8 Å². The summed E-state index contributed by atoms with van der Waals surface area (Å²) in [5.41, 5.74) is 0.587. The first-order chi connectivity index (χ1) is 9.50. The summed E-state index contributed by atoms with van der Waals surface area (Å²) in [6.45, 7) is 0.523. The summed E-state index contributed by atoms with van der Waals surface area (Å²) in [4.78, 5) is 11.4. The molecular weight excluding hydrogens is 278 g/mol. The number of carbonyl (C=O) groups is 1. The van der Waals surface area contributed by atoms with Crippen molar-refractivity contribution >= 4 is 15.7 Å². The Morgan fingerprint density at radius 3 is 2.40 bits per heavy atom. The molecule has 0 unspecified atom stereocenters. The molecule has 110 valence electrons. The summed E-state index contributed by atoms with van der Waals surface area (Å²) in [5.74, 6) is 1.38. The predicted molar refractivity (Wildman–Crippen MR) is 76.7 cm³/mol. The van der Waals surface area contributed by atoms with Crippen molar-refractivity contribution in [3.05, 3.63) is 29.8 Å². The number of carbonyl (C=O) groups excluding carboxylic acids is 1. The van der Waals surface area contributed by atoms with Crippen LogP contribution in [0.5, 0.6) is 5.75 Å². The molecule has 1 aromatic rings. The molecule has 5 nitrogen and oxygen atoms in total. The minimum atomic E-state index is -2.82. The molecular formula is C14H19NO4S. The van der Waals surface area contributed by atoms with Crippen LogP contribution in [0, 0.1) is 5.92 Å². The summed E-state index contributed by atoms with van der Waals surface area (Å²) in [6, 6.07) is 6.92. The first-order valence-corrected chi connectivity index (χ1v) is 8.48. The molecule has 1 aromatic carbocycles. The minimum absolute atomic E-state index is 0.131. The third-order valence-corrected chi connectivity index (χ3v) is 5.22. The molecule has 0 atom stereocenters. The average molecular weight is 297 g/mol. The van der Waals surface area contributed by atoms with E-state index >= 15 is 0 Å². The second-order valence-electron chi connectivity index (χ2n) is 5.01. The van der Waals surface area contributed by atoms with Crippen LogP contribution in [0.15, 0.2) is 24.3 Å². The maximum absolute atomic E-state index is 11.4. The zero-order valence-electron chi connectivity index (χ0n) is 11.5. The van der Waals surface area contributed by atoms with Crippen LogP contribution in [0.25, 0.3) is 0 Å². The van der Waals surface area contributed by atoms with Crippen LogP contribution in [0.2, 0.25) is 0 Å². The van der Waals surface area contributed by atoms with Crippen LogP contribution in [-0.2, 0) is 9.84 Å². The SMILES string of the molecule is CNC(=O)c1ccc(OCC2CCS(=O)(=O)CC2)cc1. The Morgan fingerprint density at radius 1 is 1.25 bits per heavy atom. The molecule has 0 aliphatic carbocycles. The van der Waals surface area contributed by atoms with Gasteiger partial charge in [0.25, 0.3) is 5.91 Å². The van der Waals surface area contributed by atoms with E-state index in [1.165, 1.54) is 0 Å². The van der Waals surface area contributed by atoms with E-state index in [2.05, 4.69) is 5.32 Å². The fraction of sp³-hybridized carbons (Fsp3) is 0.500. The number of benzene rings is 1. The van der Waals surface area contributed by atoms with Gasteiger partial charge in [0.2, 0.25) is 0 Å². The third kappa shape index (κ3) is 3.96. The van der Waals surface area contributed by atoms with Gasteiger partial charge in [0.15, 0.2) is 0 Å². The first-order valence-electron chi connectivity index (χ1n) is 6.65. The van der Waals surface area contributed by atoms with Gasteiger partial charge in [-0.3, -0.25) is 4.79 Å². The normalized spacial score (nSPS) is 18.4.